The van der Waals surface area contributed by atoms with Gasteiger partial charge in [-0.2, -0.15) is 5.10 Å². The van der Waals surface area contributed by atoms with Gasteiger partial charge in [0, 0.05) is 0 Å². The Morgan fingerprint density at radius 2 is 2.00 bits per heavy atom. The Morgan fingerprint density at radius 3 is 2.76 bits per heavy atom. The minimum Gasteiger partial charge on any atom is -0.482 e. The number of hydrogen-bond acceptors (Lipinski definition) is 4. The first-order chi connectivity index (χ1) is 12.2. The van der Waals surface area contributed by atoms with Crippen LogP contribution in [0.5, 0.6) is 5.75 Å². The molecule has 1 aliphatic rings. The third-order valence-corrected chi connectivity index (χ3v) is 3.90. The topological polar surface area (TPSA) is 71.0 Å². The van der Waals surface area contributed by atoms with Gasteiger partial charge in [-0.25, -0.2) is 5.43 Å². The molecule has 0 saturated heterocycles. The van der Waals surface area contributed by atoms with Crippen LogP contribution in [0, 0.1) is 0 Å². The van der Waals surface area contributed by atoms with Crippen molar-refractivity contribution in [2.24, 2.45) is 5.10 Å². The Hall–Kier alpha value is -3.15. The van der Waals surface area contributed by atoms with E-state index in [9.17, 15) is 9.59 Å². The largest absolute Gasteiger partial charge is 0.482 e. The molecule has 6 heteroatoms. The van der Waals surface area contributed by atoms with Crippen LogP contribution in [0.3, 0.4) is 0 Å². The molecule has 2 amide bonds. The number of ether oxygens (including phenoxy) is 1. The highest BCUT2D eigenvalue weighted by Crippen LogP contribution is 2.31. The molecule has 0 aliphatic carbocycles. The normalized spacial score (nSPS) is 13.5. The SMILES string of the molecule is CCc1ccc(/C=N\NC(=O)CN2C(=O)COc3ccccc32)cc1. The van der Waals surface area contributed by atoms with Gasteiger partial charge in [-0.1, -0.05) is 43.3 Å². The molecule has 0 atom stereocenters. The van der Waals surface area contributed by atoms with Crippen LogP contribution in [0.4, 0.5) is 5.69 Å². The van der Waals surface area contributed by atoms with Crippen molar-refractivity contribution < 1.29 is 14.3 Å². The summed E-state index contributed by atoms with van der Waals surface area (Å²) in [5, 5.41) is 3.95. The second kappa shape index (κ2) is 7.61. The van der Waals surface area contributed by atoms with Gasteiger partial charge in [0.1, 0.15) is 12.3 Å². The average molecular weight is 337 g/mol. The quantitative estimate of drug-likeness (QED) is 0.671. The third-order valence-electron chi connectivity index (χ3n) is 3.90. The maximum absolute atomic E-state index is 12.1. The second-order valence-corrected chi connectivity index (χ2v) is 5.62. The number of aryl methyl sites for hydroxylation is 1. The first-order valence-electron chi connectivity index (χ1n) is 8.10. The van der Waals surface area contributed by atoms with Crippen LogP contribution in [-0.2, 0) is 16.0 Å². The van der Waals surface area contributed by atoms with Gasteiger partial charge in [0.25, 0.3) is 11.8 Å². The molecular weight excluding hydrogens is 318 g/mol. The molecule has 1 N–H and O–H groups in total. The molecule has 2 aromatic carbocycles. The van der Waals surface area contributed by atoms with Gasteiger partial charge in [-0.05, 0) is 29.7 Å². The lowest BCUT2D eigenvalue weighted by atomic mass is 10.1. The van der Waals surface area contributed by atoms with Crippen molar-refractivity contribution in [2.45, 2.75) is 13.3 Å². The van der Waals surface area contributed by atoms with Crippen LogP contribution in [0.1, 0.15) is 18.1 Å². The van der Waals surface area contributed by atoms with E-state index in [4.69, 9.17) is 4.74 Å². The number of hydrazone groups is 1. The van der Waals surface area contributed by atoms with Gasteiger partial charge in [0.15, 0.2) is 6.61 Å². The molecule has 25 heavy (non-hydrogen) atoms. The molecule has 0 radical (unpaired) electrons. The molecule has 6 nitrogen and oxygen atoms in total. The summed E-state index contributed by atoms with van der Waals surface area (Å²) in [5.41, 5.74) is 5.18. The van der Waals surface area contributed by atoms with E-state index in [1.807, 2.05) is 30.3 Å². The second-order valence-electron chi connectivity index (χ2n) is 5.62. The van der Waals surface area contributed by atoms with E-state index in [1.165, 1.54) is 10.5 Å². The van der Waals surface area contributed by atoms with Gasteiger partial charge >= 0.3 is 0 Å². The Labute approximate surface area is 146 Å². The Bertz CT molecular complexity index is 800. The van der Waals surface area contributed by atoms with E-state index < -0.39 is 0 Å². The van der Waals surface area contributed by atoms with E-state index in [0.29, 0.717) is 11.4 Å². The summed E-state index contributed by atoms with van der Waals surface area (Å²) in [6.45, 7) is 1.91. The Morgan fingerprint density at radius 1 is 1.24 bits per heavy atom. The monoisotopic (exact) mass is 337 g/mol. The number of carbonyl (C=O) groups is 2. The molecule has 0 bridgehead atoms. The smallest absolute Gasteiger partial charge is 0.265 e. The molecular formula is C19H19N3O3. The van der Waals surface area contributed by atoms with Crippen LogP contribution in [0.25, 0.3) is 0 Å². The van der Waals surface area contributed by atoms with Crippen molar-refractivity contribution in [2.75, 3.05) is 18.1 Å². The first kappa shape index (κ1) is 16.7. The van der Waals surface area contributed by atoms with Crippen LogP contribution in [0.15, 0.2) is 53.6 Å². The number of amides is 2. The number of nitrogens with zero attached hydrogens (tertiary/aromatic N) is 2. The van der Waals surface area contributed by atoms with Crippen molar-refractivity contribution in [1.82, 2.24) is 5.43 Å². The van der Waals surface area contributed by atoms with Crippen molar-refractivity contribution in [3.05, 3.63) is 59.7 Å². The molecule has 0 saturated carbocycles. The molecule has 2 aromatic rings. The van der Waals surface area contributed by atoms with Gasteiger partial charge in [-0.15, -0.1) is 0 Å². The molecule has 128 valence electrons. The van der Waals surface area contributed by atoms with Crippen molar-refractivity contribution in [3.63, 3.8) is 0 Å². The average Bonchev–Trinajstić information content (AvgIpc) is 2.65. The first-order valence-corrected chi connectivity index (χ1v) is 8.10. The standard InChI is InChI=1S/C19H19N3O3/c1-2-14-7-9-15(10-8-14)11-20-21-18(23)12-22-16-5-3-4-6-17(16)25-13-19(22)24/h3-11H,2,12-13H2,1H3,(H,21,23)/b20-11-. The minimum atomic E-state index is -0.369. The molecule has 0 spiro atoms. The zero-order valence-electron chi connectivity index (χ0n) is 13.9. The van der Waals surface area contributed by atoms with Crippen molar-refractivity contribution >= 4 is 23.7 Å². The van der Waals surface area contributed by atoms with Gasteiger partial charge < -0.3 is 4.74 Å². The summed E-state index contributed by atoms with van der Waals surface area (Å²) in [4.78, 5) is 25.5. The van der Waals surface area contributed by atoms with E-state index in [2.05, 4.69) is 17.5 Å². The van der Waals surface area contributed by atoms with Crippen LogP contribution < -0.4 is 15.1 Å². The number of rotatable bonds is 5. The zero-order valence-corrected chi connectivity index (χ0v) is 13.9. The molecule has 0 fully saturated rings. The van der Waals surface area contributed by atoms with Crippen molar-refractivity contribution in [3.8, 4) is 5.75 Å². The fraction of sp³-hybridized carbons (Fsp3) is 0.211. The number of carbonyl (C=O) groups excluding carboxylic acids is 2. The van der Waals surface area contributed by atoms with Gasteiger partial charge in [0.2, 0.25) is 0 Å². The van der Waals surface area contributed by atoms with Gasteiger partial charge in [-0.3, -0.25) is 14.5 Å². The van der Waals surface area contributed by atoms with E-state index in [0.717, 1.165) is 12.0 Å². The van der Waals surface area contributed by atoms with E-state index in [1.54, 1.807) is 24.4 Å². The summed E-state index contributed by atoms with van der Waals surface area (Å²) in [7, 11) is 0. The Kier molecular flexibility index (Phi) is 5.09. The van der Waals surface area contributed by atoms with Crippen LogP contribution in [-0.4, -0.2) is 31.2 Å². The maximum Gasteiger partial charge on any atom is 0.265 e. The maximum atomic E-state index is 12.1. The predicted octanol–water partition coefficient (Wildman–Crippen LogP) is 2.12. The lowest BCUT2D eigenvalue weighted by molar-refractivity contribution is -0.125. The fourth-order valence-electron chi connectivity index (χ4n) is 2.52. The van der Waals surface area contributed by atoms with Gasteiger partial charge in [0.05, 0.1) is 11.9 Å². The molecule has 0 unspecified atom stereocenters. The summed E-state index contributed by atoms with van der Waals surface area (Å²) < 4.78 is 5.35. The minimum absolute atomic E-state index is 0.0721. The van der Waals surface area contributed by atoms with E-state index >= 15 is 0 Å². The highest BCUT2D eigenvalue weighted by molar-refractivity contribution is 6.02. The number of hydrogen-bond donors (Lipinski definition) is 1. The lowest BCUT2D eigenvalue weighted by Crippen LogP contribution is -2.44. The number of nitrogens with one attached hydrogen (secondary N) is 1. The summed E-state index contributed by atoms with van der Waals surface area (Å²) >= 11 is 0. The fourth-order valence-corrected chi connectivity index (χ4v) is 2.52. The summed E-state index contributed by atoms with van der Waals surface area (Å²) in [6.07, 6.45) is 2.55. The molecule has 1 heterocycles. The Balaban J connectivity index is 1.60. The molecule has 1 aliphatic heterocycles. The predicted molar refractivity (Wildman–Crippen MR) is 95.8 cm³/mol. The lowest BCUT2D eigenvalue weighted by Gasteiger charge is -2.28. The van der Waals surface area contributed by atoms with E-state index in [-0.39, 0.29) is 25.0 Å². The molecule has 3 rings (SSSR count). The number of benzene rings is 2. The number of para-hydroxylation sites is 2. The highest BCUT2D eigenvalue weighted by Gasteiger charge is 2.26. The van der Waals surface area contributed by atoms with Crippen molar-refractivity contribution in [1.29, 1.82) is 0 Å². The summed E-state index contributed by atoms with van der Waals surface area (Å²) in [5.74, 6) is -0.0334. The highest BCUT2D eigenvalue weighted by atomic mass is 16.5. The number of fused-ring (bicyclic) bond motifs is 1. The number of anilines is 1. The molecule has 0 aromatic heterocycles. The third kappa shape index (κ3) is 4.03. The summed E-state index contributed by atoms with van der Waals surface area (Å²) in [6, 6.07) is 15.1. The van der Waals surface area contributed by atoms with Crippen LogP contribution in [0.2, 0.25) is 0 Å². The zero-order chi connectivity index (χ0) is 17.6. The van der Waals surface area contributed by atoms with Crippen LogP contribution >= 0.6 is 0 Å².